The van der Waals surface area contributed by atoms with Gasteiger partial charge in [-0.1, -0.05) is 6.07 Å². The topological polar surface area (TPSA) is 108 Å². The lowest BCUT2D eigenvalue weighted by Crippen LogP contribution is -2.31. The molecule has 0 aromatic carbocycles. The van der Waals surface area contributed by atoms with E-state index >= 15 is 0 Å². The lowest BCUT2D eigenvalue weighted by molar-refractivity contribution is 0.249. The second-order valence-electron chi connectivity index (χ2n) is 5.77. The molecule has 8 nitrogen and oxygen atoms in total. The first-order valence-corrected chi connectivity index (χ1v) is 8.15. The van der Waals surface area contributed by atoms with Crippen molar-refractivity contribution < 1.29 is 4.79 Å². The number of nitrogens with one attached hydrogen (secondary N) is 4. The van der Waals surface area contributed by atoms with E-state index in [0.29, 0.717) is 5.82 Å². The molecule has 0 bridgehead atoms. The third-order valence-electron chi connectivity index (χ3n) is 3.81. The number of rotatable bonds is 5. The minimum Gasteiger partial charge on any atom is -0.368 e. The third kappa shape index (κ3) is 3.85. The fraction of sp³-hybridized carbons (Fsp3) is 0.294. The van der Waals surface area contributed by atoms with Gasteiger partial charge in [0.25, 0.3) is 0 Å². The summed E-state index contributed by atoms with van der Waals surface area (Å²) in [7, 11) is 0. The van der Waals surface area contributed by atoms with Gasteiger partial charge in [0.1, 0.15) is 5.82 Å². The molecule has 0 saturated carbocycles. The second-order valence-corrected chi connectivity index (χ2v) is 5.77. The van der Waals surface area contributed by atoms with Crippen LogP contribution in [0.15, 0.2) is 30.6 Å². The first kappa shape index (κ1) is 16.7. The zero-order valence-corrected chi connectivity index (χ0v) is 14.4. The van der Waals surface area contributed by atoms with Crippen LogP contribution in [0.3, 0.4) is 0 Å². The molecule has 8 heteroatoms. The predicted octanol–water partition coefficient (Wildman–Crippen LogP) is 2.98. The summed E-state index contributed by atoms with van der Waals surface area (Å²) in [6, 6.07) is 5.13. The second kappa shape index (κ2) is 7.16. The van der Waals surface area contributed by atoms with E-state index < -0.39 is 0 Å². The third-order valence-corrected chi connectivity index (χ3v) is 3.81. The number of H-pyrrole nitrogens is 1. The maximum absolute atomic E-state index is 12.2. The SMILES string of the molecule is CCNc1n[nH]c2cc(NC(=O)NC(C)c3ccc(C)nc3)ncc12. The molecule has 3 heterocycles. The van der Waals surface area contributed by atoms with Crippen molar-refractivity contribution in [1.82, 2.24) is 25.5 Å². The van der Waals surface area contributed by atoms with Crippen LogP contribution in [0.2, 0.25) is 0 Å². The number of hydrogen-bond donors (Lipinski definition) is 4. The number of hydrogen-bond acceptors (Lipinski definition) is 5. The summed E-state index contributed by atoms with van der Waals surface area (Å²) in [5.41, 5.74) is 2.68. The molecule has 25 heavy (non-hydrogen) atoms. The van der Waals surface area contributed by atoms with Crippen LogP contribution in [0.1, 0.15) is 31.1 Å². The smallest absolute Gasteiger partial charge is 0.320 e. The Morgan fingerprint density at radius 1 is 1.28 bits per heavy atom. The van der Waals surface area contributed by atoms with E-state index in [9.17, 15) is 4.79 Å². The van der Waals surface area contributed by atoms with Crippen LogP contribution in [-0.4, -0.2) is 32.7 Å². The number of amides is 2. The van der Waals surface area contributed by atoms with Gasteiger partial charge in [-0.3, -0.25) is 15.4 Å². The molecule has 130 valence electrons. The molecule has 3 aromatic heterocycles. The number of nitrogens with zero attached hydrogens (tertiary/aromatic N) is 3. The highest BCUT2D eigenvalue weighted by molar-refractivity contribution is 5.94. The highest BCUT2D eigenvalue weighted by Gasteiger charge is 2.12. The van der Waals surface area contributed by atoms with Gasteiger partial charge in [-0.05, 0) is 32.4 Å². The number of carbonyl (C=O) groups is 1. The van der Waals surface area contributed by atoms with Crippen LogP contribution in [0.4, 0.5) is 16.4 Å². The normalized spacial score (nSPS) is 12.0. The Balaban J connectivity index is 1.66. The van der Waals surface area contributed by atoms with E-state index in [2.05, 4.69) is 36.1 Å². The molecule has 0 aliphatic rings. The van der Waals surface area contributed by atoms with Gasteiger partial charge in [0, 0.05) is 30.7 Å². The standard InChI is InChI=1S/C17H21N7O/c1-4-18-16-13-9-20-15(7-14(13)23-24-16)22-17(25)21-11(3)12-6-5-10(2)19-8-12/h5-9,11H,4H2,1-3H3,(H2,18,23,24)(H2,20,21,22,25). The Morgan fingerprint density at radius 2 is 2.12 bits per heavy atom. The Labute approximate surface area is 145 Å². The molecule has 0 aliphatic heterocycles. The molecular weight excluding hydrogens is 318 g/mol. The highest BCUT2D eigenvalue weighted by Crippen LogP contribution is 2.21. The van der Waals surface area contributed by atoms with E-state index in [1.54, 1.807) is 18.5 Å². The lowest BCUT2D eigenvalue weighted by atomic mass is 10.1. The first-order chi connectivity index (χ1) is 12.1. The van der Waals surface area contributed by atoms with Gasteiger partial charge in [0.2, 0.25) is 0 Å². The molecule has 1 atom stereocenters. The Kier molecular flexibility index (Phi) is 4.78. The van der Waals surface area contributed by atoms with E-state index in [1.165, 1.54) is 0 Å². The number of anilines is 2. The molecule has 3 aromatic rings. The Morgan fingerprint density at radius 3 is 2.84 bits per heavy atom. The minimum absolute atomic E-state index is 0.163. The molecule has 0 spiro atoms. The van der Waals surface area contributed by atoms with Gasteiger partial charge in [-0.15, -0.1) is 0 Å². The average Bonchev–Trinajstić information content (AvgIpc) is 2.98. The molecule has 0 aliphatic carbocycles. The van der Waals surface area contributed by atoms with Gasteiger partial charge in [0.15, 0.2) is 5.82 Å². The Hall–Kier alpha value is -3.16. The van der Waals surface area contributed by atoms with Gasteiger partial charge >= 0.3 is 6.03 Å². The van der Waals surface area contributed by atoms with E-state index in [4.69, 9.17) is 0 Å². The Bertz CT molecular complexity index is 872. The van der Waals surface area contributed by atoms with Crippen molar-refractivity contribution in [3.05, 3.63) is 41.9 Å². The number of pyridine rings is 2. The van der Waals surface area contributed by atoms with Crippen molar-refractivity contribution >= 4 is 28.6 Å². The summed E-state index contributed by atoms with van der Waals surface area (Å²) in [5, 5.41) is 16.8. The first-order valence-electron chi connectivity index (χ1n) is 8.15. The quantitative estimate of drug-likeness (QED) is 0.571. The number of aromatic nitrogens is 4. The maximum Gasteiger partial charge on any atom is 0.320 e. The minimum atomic E-state index is -0.327. The summed E-state index contributed by atoms with van der Waals surface area (Å²) in [5.74, 6) is 1.20. The fourth-order valence-corrected chi connectivity index (χ4v) is 2.45. The summed E-state index contributed by atoms with van der Waals surface area (Å²) < 4.78 is 0. The van der Waals surface area contributed by atoms with Crippen LogP contribution in [0.5, 0.6) is 0 Å². The van der Waals surface area contributed by atoms with Crippen LogP contribution in [0, 0.1) is 6.92 Å². The van der Waals surface area contributed by atoms with Crippen LogP contribution < -0.4 is 16.0 Å². The summed E-state index contributed by atoms with van der Waals surface area (Å²) in [6.07, 6.45) is 3.44. The van der Waals surface area contributed by atoms with E-state index in [-0.39, 0.29) is 12.1 Å². The number of fused-ring (bicyclic) bond motifs is 1. The molecule has 0 saturated heterocycles. The monoisotopic (exact) mass is 339 g/mol. The number of carbonyl (C=O) groups excluding carboxylic acids is 1. The average molecular weight is 339 g/mol. The fourth-order valence-electron chi connectivity index (χ4n) is 2.45. The zero-order valence-electron chi connectivity index (χ0n) is 14.4. The molecule has 0 radical (unpaired) electrons. The molecule has 2 amide bonds. The van der Waals surface area contributed by atoms with Gasteiger partial charge < -0.3 is 10.6 Å². The van der Waals surface area contributed by atoms with Crippen LogP contribution >= 0.6 is 0 Å². The molecule has 0 fully saturated rings. The molecule has 4 N–H and O–H groups in total. The van der Waals surface area contributed by atoms with E-state index in [0.717, 1.165) is 34.5 Å². The van der Waals surface area contributed by atoms with Gasteiger partial charge in [-0.25, -0.2) is 9.78 Å². The summed E-state index contributed by atoms with van der Waals surface area (Å²) >= 11 is 0. The van der Waals surface area contributed by atoms with Crippen molar-refractivity contribution in [3.63, 3.8) is 0 Å². The van der Waals surface area contributed by atoms with Crippen LogP contribution in [-0.2, 0) is 0 Å². The maximum atomic E-state index is 12.2. The lowest BCUT2D eigenvalue weighted by Gasteiger charge is -2.14. The number of aryl methyl sites for hydroxylation is 1. The van der Waals surface area contributed by atoms with Gasteiger partial charge in [0.05, 0.1) is 16.9 Å². The van der Waals surface area contributed by atoms with E-state index in [1.807, 2.05) is 32.9 Å². The molecular formula is C17H21N7O. The highest BCUT2D eigenvalue weighted by atomic mass is 16.2. The zero-order chi connectivity index (χ0) is 17.8. The van der Waals surface area contributed by atoms with Crippen molar-refractivity contribution in [2.24, 2.45) is 0 Å². The molecule has 3 rings (SSSR count). The predicted molar refractivity (Wildman–Crippen MR) is 97.6 cm³/mol. The number of urea groups is 1. The molecule has 1 unspecified atom stereocenters. The summed E-state index contributed by atoms with van der Waals surface area (Å²) in [6.45, 7) is 6.60. The van der Waals surface area contributed by atoms with Crippen molar-refractivity contribution in [3.8, 4) is 0 Å². The van der Waals surface area contributed by atoms with Crippen molar-refractivity contribution in [2.45, 2.75) is 26.8 Å². The van der Waals surface area contributed by atoms with Gasteiger partial charge in [-0.2, -0.15) is 5.10 Å². The van der Waals surface area contributed by atoms with Crippen LogP contribution in [0.25, 0.3) is 10.9 Å². The summed E-state index contributed by atoms with van der Waals surface area (Å²) in [4.78, 5) is 20.7. The van der Waals surface area contributed by atoms with Crippen molar-refractivity contribution in [2.75, 3.05) is 17.2 Å². The number of aromatic amines is 1. The largest absolute Gasteiger partial charge is 0.368 e. The van der Waals surface area contributed by atoms with Crippen molar-refractivity contribution in [1.29, 1.82) is 0 Å².